The van der Waals surface area contributed by atoms with Crippen molar-refractivity contribution >= 4 is 22.9 Å². The van der Waals surface area contributed by atoms with Crippen LogP contribution in [0.4, 0.5) is 10.1 Å². The first-order chi connectivity index (χ1) is 12.2. The van der Waals surface area contributed by atoms with Crippen LogP contribution in [0.3, 0.4) is 0 Å². The number of methoxy groups -OCH3 is 1. The fourth-order valence-electron chi connectivity index (χ4n) is 3.20. The first-order valence-corrected chi connectivity index (χ1v) is 8.85. The average molecular weight is 353 g/mol. The zero-order valence-corrected chi connectivity index (χ0v) is 14.4. The first-order valence-electron chi connectivity index (χ1n) is 7.97. The Morgan fingerprint density at radius 1 is 1.20 bits per heavy atom. The van der Waals surface area contributed by atoms with Gasteiger partial charge < -0.3 is 10.1 Å². The molecule has 2 aromatic carbocycles. The Bertz CT molecular complexity index is 933. The number of hydrogen-bond acceptors (Lipinski definition) is 3. The van der Waals surface area contributed by atoms with Crippen LogP contribution in [0.2, 0.25) is 0 Å². The SMILES string of the molecule is COc1ccc(-c2csc3c2NC(=O)CC3c2cccc(F)c2)cc1. The maximum Gasteiger partial charge on any atom is 0.225 e. The monoisotopic (exact) mass is 353 g/mol. The van der Waals surface area contributed by atoms with E-state index in [0.717, 1.165) is 33.0 Å². The molecule has 0 saturated heterocycles. The van der Waals surface area contributed by atoms with E-state index in [9.17, 15) is 9.18 Å². The Labute approximate surface area is 149 Å². The topological polar surface area (TPSA) is 38.3 Å². The molecule has 3 nitrogen and oxygen atoms in total. The predicted octanol–water partition coefficient (Wildman–Crippen LogP) is 5.04. The van der Waals surface area contributed by atoms with Crippen molar-refractivity contribution in [2.45, 2.75) is 12.3 Å². The molecule has 1 aliphatic rings. The third-order valence-electron chi connectivity index (χ3n) is 4.44. The van der Waals surface area contributed by atoms with Gasteiger partial charge in [-0.15, -0.1) is 11.3 Å². The van der Waals surface area contributed by atoms with Gasteiger partial charge in [-0.05, 0) is 35.4 Å². The highest BCUT2D eigenvalue weighted by Gasteiger charge is 2.30. The lowest BCUT2D eigenvalue weighted by Gasteiger charge is -2.24. The van der Waals surface area contributed by atoms with E-state index in [0.29, 0.717) is 6.42 Å². The molecule has 4 rings (SSSR count). The van der Waals surface area contributed by atoms with Crippen LogP contribution in [0.25, 0.3) is 11.1 Å². The molecule has 0 saturated carbocycles. The van der Waals surface area contributed by atoms with E-state index in [1.165, 1.54) is 12.1 Å². The fraction of sp³-hybridized carbons (Fsp3) is 0.150. The van der Waals surface area contributed by atoms with Gasteiger partial charge in [0.05, 0.1) is 12.8 Å². The van der Waals surface area contributed by atoms with Crippen LogP contribution in [0, 0.1) is 5.82 Å². The number of rotatable bonds is 3. The summed E-state index contributed by atoms with van der Waals surface area (Å²) in [4.78, 5) is 13.3. The van der Waals surface area contributed by atoms with E-state index in [4.69, 9.17) is 4.74 Å². The van der Waals surface area contributed by atoms with Crippen molar-refractivity contribution in [1.82, 2.24) is 0 Å². The third-order valence-corrected chi connectivity index (χ3v) is 5.54. The van der Waals surface area contributed by atoms with Crippen LogP contribution >= 0.6 is 11.3 Å². The van der Waals surface area contributed by atoms with Crippen LogP contribution in [-0.2, 0) is 4.79 Å². The molecule has 126 valence electrons. The molecular weight excluding hydrogens is 337 g/mol. The summed E-state index contributed by atoms with van der Waals surface area (Å²) in [5, 5.41) is 5.04. The maximum atomic E-state index is 13.6. The average Bonchev–Trinajstić information content (AvgIpc) is 3.04. The summed E-state index contributed by atoms with van der Waals surface area (Å²) in [6.07, 6.45) is 0.332. The molecular formula is C20H16FNO2S. The molecule has 1 N–H and O–H groups in total. The lowest BCUT2D eigenvalue weighted by molar-refractivity contribution is -0.116. The largest absolute Gasteiger partial charge is 0.497 e. The molecule has 25 heavy (non-hydrogen) atoms. The molecule has 1 aliphatic heterocycles. The standard InChI is InChI=1S/C20H16FNO2S/c1-24-15-7-5-12(6-8-15)17-11-25-20-16(10-18(23)22-19(17)20)13-3-2-4-14(21)9-13/h2-9,11,16H,10H2,1H3,(H,22,23). The van der Waals surface area contributed by atoms with Gasteiger partial charge in [0.25, 0.3) is 0 Å². The quantitative estimate of drug-likeness (QED) is 0.717. The third kappa shape index (κ3) is 2.91. The molecule has 0 fully saturated rings. The minimum Gasteiger partial charge on any atom is -0.497 e. The molecule has 2 heterocycles. The molecule has 1 unspecified atom stereocenters. The molecule has 0 aliphatic carbocycles. The second-order valence-electron chi connectivity index (χ2n) is 5.98. The number of anilines is 1. The molecule has 0 bridgehead atoms. The van der Waals surface area contributed by atoms with Gasteiger partial charge in [-0.25, -0.2) is 4.39 Å². The zero-order chi connectivity index (χ0) is 17.4. The van der Waals surface area contributed by atoms with Crippen molar-refractivity contribution < 1.29 is 13.9 Å². The van der Waals surface area contributed by atoms with E-state index in [1.807, 2.05) is 35.7 Å². The Morgan fingerprint density at radius 3 is 2.72 bits per heavy atom. The highest BCUT2D eigenvalue weighted by Crippen LogP contribution is 2.46. The van der Waals surface area contributed by atoms with E-state index >= 15 is 0 Å². The highest BCUT2D eigenvalue weighted by atomic mass is 32.1. The zero-order valence-electron chi connectivity index (χ0n) is 13.6. The van der Waals surface area contributed by atoms with Gasteiger partial charge in [0.2, 0.25) is 5.91 Å². The summed E-state index contributed by atoms with van der Waals surface area (Å²) in [6.45, 7) is 0. The second-order valence-corrected chi connectivity index (χ2v) is 6.89. The molecule has 5 heteroatoms. The van der Waals surface area contributed by atoms with Gasteiger partial charge in [-0.3, -0.25) is 4.79 Å². The second kappa shape index (κ2) is 6.33. The number of thiophene rings is 1. The van der Waals surface area contributed by atoms with E-state index in [1.54, 1.807) is 24.5 Å². The lowest BCUT2D eigenvalue weighted by Crippen LogP contribution is -2.22. The van der Waals surface area contributed by atoms with Gasteiger partial charge in [0.15, 0.2) is 0 Å². The van der Waals surface area contributed by atoms with E-state index < -0.39 is 0 Å². The van der Waals surface area contributed by atoms with Crippen LogP contribution in [-0.4, -0.2) is 13.0 Å². The number of carbonyl (C=O) groups excluding carboxylic acids is 1. The number of nitrogens with one attached hydrogen (secondary N) is 1. The maximum absolute atomic E-state index is 13.6. The fourth-order valence-corrected chi connectivity index (χ4v) is 4.36. The van der Waals surface area contributed by atoms with Crippen LogP contribution in [0.5, 0.6) is 5.75 Å². The molecule has 0 radical (unpaired) electrons. The van der Waals surface area contributed by atoms with Crippen LogP contribution in [0.1, 0.15) is 22.8 Å². The number of hydrogen-bond donors (Lipinski definition) is 1. The van der Waals surface area contributed by atoms with Gasteiger partial charge in [0.1, 0.15) is 11.6 Å². The number of ether oxygens (including phenoxy) is 1. The van der Waals surface area contributed by atoms with Crippen molar-refractivity contribution in [3.05, 3.63) is 70.2 Å². The van der Waals surface area contributed by atoms with Gasteiger partial charge in [-0.1, -0.05) is 24.3 Å². The van der Waals surface area contributed by atoms with Crippen molar-refractivity contribution in [2.75, 3.05) is 12.4 Å². The molecule has 3 aromatic rings. The van der Waals surface area contributed by atoms with Crippen molar-refractivity contribution in [3.63, 3.8) is 0 Å². The molecule has 1 amide bonds. The molecule has 0 spiro atoms. The summed E-state index contributed by atoms with van der Waals surface area (Å²) in [5.74, 6) is 0.345. The highest BCUT2D eigenvalue weighted by molar-refractivity contribution is 7.11. The first kappa shape index (κ1) is 15.8. The molecule has 1 aromatic heterocycles. The predicted molar refractivity (Wildman–Crippen MR) is 97.8 cm³/mol. The van der Waals surface area contributed by atoms with Crippen LogP contribution < -0.4 is 10.1 Å². The van der Waals surface area contributed by atoms with Gasteiger partial charge in [-0.2, -0.15) is 0 Å². The van der Waals surface area contributed by atoms with Crippen molar-refractivity contribution in [2.24, 2.45) is 0 Å². The smallest absolute Gasteiger partial charge is 0.225 e. The summed E-state index contributed by atoms with van der Waals surface area (Å²) in [5.41, 5.74) is 3.66. The molecule has 1 atom stereocenters. The Hall–Kier alpha value is -2.66. The summed E-state index contributed by atoms with van der Waals surface area (Å²) in [6, 6.07) is 14.2. The van der Waals surface area contributed by atoms with Crippen molar-refractivity contribution in [3.8, 4) is 16.9 Å². The van der Waals surface area contributed by atoms with E-state index in [-0.39, 0.29) is 17.6 Å². The number of benzene rings is 2. The lowest BCUT2D eigenvalue weighted by atomic mass is 9.89. The van der Waals surface area contributed by atoms with Crippen LogP contribution in [0.15, 0.2) is 53.9 Å². The number of halogens is 1. The Balaban J connectivity index is 1.78. The Morgan fingerprint density at radius 2 is 2.00 bits per heavy atom. The normalized spacial score (nSPS) is 16.2. The number of carbonyl (C=O) groups is 1. The minimum atomic E-state index is -0.281. The summed E-state index contributed by atoms with van der Waals surface area (Å²) < 4.78 is 18.8. The van der Waals surface area contributed by atoms with Crippen molar-refractivity contribution in [1.29, 1.82) is 0 Å². The number of fused-ring (bicyclic) bond motifs is 1. The summed E-state index contributed by atoms with van der Waals surface area (Å²) >= 11 is 1.60. The van der Waals surface area contributed by atoms with Gasteiger partial charge >= 0.3 is 0 Å². The Kier molecular flexibility index (Phi) is 4.01. The van der Waals surface area contributed by atoms with Gasteiger partial charge in [0, 0.05) is 28.2 Å². The van der Waals surface area contributed by atoms with E-state index in [2.05, 4.69) is 5.32 Å². The minimum absolute atomic E-state index is 0.0464. The number of amides is 1. The summed E-state index contributed by atoms with van der Waals surface area (Å²) in [7, 11) is 1.63.